The second kappa shape index (κ2) is 6.32. The first-order valence-electron chi connectivity index (χ1n) is 7.91. The third-order valence-corrected chi connectivity index (χ3v) is 3.94. The topological polar surface area (TPSA) is 73.3 Å². The zero-order valence-electron chi connectivity index (χ0n) is 13.7. The first-order valence-corrected chi connectivity index (χ1v) is 7.91. The van der Waals surface area contributed by atoms with Gasteiger partial charge in [-0.15, -0.1) is 0 Å². The zero-order valence-corrected chi connectivity index (χ0v) is 13.7. The van der Waals surface area contributed by atoms with E-state index in [1.54, 1.807) is 18.2 Å². The highest BCUT2D eigenvalue weighted by Crippen LogP contribution is 2.28. The molecule has 0 bridgehead atoms. The molecule has 0 aliphatic heterocycles. The van der Waals surface area contributed by atoms with Crippen LogP contribution in [0.2, 0.25) is 0 Å². The second-order valence-corrected chi connectivity index (χ2v) is 6.35. The molecule has 0 radical (unpaired) electrons. The highest BCUT2D eigenvalue weighted by atomic mass is 16.4. The Hall–Kier alpha value is -2.88. The maximum atomic E-state index is 11.9. The van der Waals surface area contributed by atoms with Crippen LogP contribution in [0.5, 0.6) is 0 Å². The Labute approximate surface area is 139 Å². The van der Waals surface area contributed by atoms with Crippen LogP contribution < -0.4 is 11.4 Å². The molecule has 0 spiro atoms. The Bertz CT molecular complexity index is 953. The van der Waals surface area contributed by atoms with Gasteiger partial charge in [0.15, 0.2) is 0 Å². The van der Waals surface area contributed by atoms with Crippen molar-refractivity contribution in [3.63, 3.8) is 0 Å². The number of amides is 1. The van der Waals surface area contributed by atoms with Crippen LogP contribution in [0.4, 0.5) is 0 Å². The van der Waals surface area contributed by atoms with Gasteiger partial charge in [0.05, 0.1) is 0 Å². The molecule has 4 heteroatoms. The summed E-state index contributed by atoms with van der Waals surface area (Å²) >= 11 is 0. The molecule has 2 N–H and O–H groups in total. The number of rotatable bonds is 4. The van der Waals surface area contributed by atoms with Crippen molar-refractivity contribution in [2.24, 2.45) is 11.7 Å². The molecule has 0 fully saturated rings. The molecule has 1 aromatic heterocycles. The van der Waals surface area contributed by atoms with E-state index < -0.39 is 11.5 Å². The van der Waals surface area contributed by atoms with Gasteiger partial charge in [-0.25, -0.2) is 4.79 Å². The zero-order chi connectivity index (χ0) is 17.3. The van der Waals surface area contributed by atoms with Gasteiger partial charge in [0.2, 0.25) is 5.91 Å². The number of carbonyl (C=O) groups excluding carboxylic acids is 1. The van der Waals surface area contributed by atoms with E-state index in [4.69, 9.17) is 10.2 Å². The van der Waals surface area contributed by atoms with Gasteiger partial charge in [0.25, 0.3) is 0 Å². The van der Waals surface area contributed by atoms with Crippen LogP contribution in [0.25, 0.3) is 22.1 Å². The molecule has 3 aromatic rings. The van der Waals surface area contributed by atoms with Gasteiger partial charge in [0, 0.05) is 17.0 Å². The van der Waals surface area contributed by atoms with Crippen LogP contribution in [0.15, 0.2) is 57.7 Å². The molecule has 0 atom stereocenters. The van der Waals surface area contributed by atoms with Crippen LogP contribution in [0.1, 0.15) is 29.8 Å². The van der Waals surface area contributed by atoms with E-state index in [1.807, 2.05) is 12.1 Å². The summed E-state index contributed by atoms with van der Waals surface area (Å²) in [5, 5.41) is 0.697. The normalized spacial score (nSPS) is 11.1. The predicted molar refractivity (Wildman–Crippen MR) is 95.0 cm³/mol. The lowest BCUT2D eigenvalue weighted by Gasteiger charge is -2.09. The minimum atomic E-state index is -0.513. The Morgan fingerprint density at radius 2 is 1.79 bits per heavy atom. The first kappa shape index (κ1) is 16.0. The highest BCUT2D eigenvalue weighted by Gasteiger charge is 2.11. The first-order chi connectivity index (χ1) is 11.4. The summed E-state index contributed by atoms with van der Waals surface area (Å²) in [5.41, 5.74) is 8.65. The van der Waals surface area contributed by atoms with Crippen molar-refractivity contribution in [3.8, 4) is 11.1 Å². The monoisotopic (exact) mass is 321 g/mol. The van der Waals surface area contributed by atoms with Crippen molar-refractivity contribution in [1.29, 1.82) is 0 Å². The quantitative estimate of drug-likeness (QED) is 0.744. The molecule has 3 rings (SSSR count). The number of nitrogens with two attached hydrogens (primary N) is 1. The number of hydrogen-bond acceptors (Lipinski definition) is 3. The number of primary amides is 1. The lowest BCUT2D eigenvalue weighted by Crippen LogP contribution is -2.10. The number of fused-ring (bicyclic) bond motifs is 1. The summed E-state index contributed by atoms with van der Waals surface area (Å²) < 4.78 is 5.23. The Morgan fingerprint density at radius 3 is 2.42 bits per heavy atom. The third kappa shape index (κ3) is 3.23. The van der Waals surface area contributed by atoms with Crippen LogP contribution in [-0.4, -0.2) is 5.91 Å². The third-order valence-electron chi connectivity index (χ3n) is 3.94. The molecule has 0 saturated heterocycles. The maximum Gasteiger partial charge on any atom is 0.336 e. The van der Waals surface area contributed by atoms with E-state index in [2.05, 4.69) is 26.0 Å². The maximum absolute atomic E-state index is 11.9. The van der Waals surface area contributed by atoms with E-state index >= 15 is 0 Å². The van der Waals surface area contributed by atoms with Crippen LogP contribution >= 0.6 is 0 Å². The summed E-state index contributed by atoms with van der Waals surface area (Å²) in [4.78, 5) is 23.3. The largest absolute Gasteiger partial charge is 0.423 e. The molecule has 1 amide bonds. The molecular formula is C20H19NO3. The summed E-state index contributed by atoms with van der Waals surface area (Å²) in [6, 6.07) is 14.4. The second-order valence-electron chi connectivity index (χ2n) is 6.35. The van der Waals surface area contributed by atoms with Crippen LogP contribution in [0.3, 0.4) is 0 Å². The summed E-state index contributed by atoms with van der Waals surface area (Å²) in [7, 11) is 0. The minimum absolute atomic E-state index is 0.383. The Balaban J connectivity index is 2.15. The predicted octanol–water partition coefficient (Wildman–Crippen LogP) is 3.76. The average Bonchev–Trinajstić information content (AvgIpc) is 2.53. The van der Waals surface area contributed by atoms with Crippen molar-refractivity contribution in [1.82, 2.24) is 0 Å². The summed E-state index contributed by atoms with van der Waals surface area (Å²) in [5.74, 6) is 0.0694. The lowest BCUT2D eigenvalue weighted by atomic mass is 9.97. The lowest BCUT2D eigenvalue weighted by molar-refractivity contribution is 0.100. The number of carbonyl (C=O) groups is 1. The molecule has 2 aromatic carbocycles. The van der Waals surface area contributed by atoms with E-state index in [0.29, 0.717) is 22.5 Å². The number of benzene rings is 2. The fourth-order valence-corrected chi connectivity index (χ4v) is 2.85. The molecule has 0 aliphatic carbocycles. The summed E-state index contributed by atoms with van der Waals surface area (Å²) in [6.45, 7) is 4.35. The molecule has 1 heterocycles. The van der Waals surface area contributed by atoms with E-state index in [-0.39, 0.29) is 0 Å². The van der Waals surface area contributed by atoms with Gasteiger partial charge in [-0.2, -0.15) is 0 Å². The highest BCUT2D eigenvalue weighted by molar-refractivity contribution is 6.00. The van der Waals surface area contributed by atoms with E-state index in [0.717, 1.165) is 17.5 Å². The van der Waals surface area contributed by atoms with Crippen molar-refractivity contribution >= 4 is 16.9 Å². The SMILES string of the molecule is CC(C)Cc1ccc(-c2cc(=O)oc3ccc(C(N)=O)cc23)cc1. The van der Waals surface area contributed by atoms with Gasteiger partial charge in [-0.05, 0) is 47.2 Å². The van der Waals surface area contributed by atoms with Crippen molar-refractivity contribution in [2.75, 3.05) is 0 Å². The summed E-state index contributed by atoms with van der Waals surface area (Å²) in [6.07, 6.45) is 1.00. The van der Waals surface area contributed by atoms with Gasteiger partial charge in [-0.1, -0.05) is 38.1 Å². The molecule has 24 heavy (non-hydrogen) atoms. The van der Waals surface area contributed by atoms with Crippen molar-refractivity contribution in [3.05, 3.63) is 70.1 Å². The molecular weight excluding hydrogens is 302 g/mol. The Morgan fingerprint density at radius 1 is 1.08 bits per heavy atom. The Kier molecular flexibility index (Phi) is 4.21. The molecule has 0 saturated carbocycles. The van der Waals surface area contributed by atoms with E-state index in [1.165, 1.54) is 11.6 Å². The van der Waals surface area contributed by atoms with E-state index in [9.17, 15) is 9.59 Å². The van der Waals surface area contributed by atoms with Crippen LogP contribution in [-0.2, 0) is 6.42 Å². The smallest absolute Gasteiger partial charge is 0.336 e. The minimum Gasteiger partial charge on any atom is -0.423 e. The van der Waals surface area contributed by atoms with Crippen LogP contribution in [0, 0.1) is 5.92 Å². The molecule has 4 nitrogen and oxygen atoms in total. The molecule has 0 unspecified atom stereocenters. The van der Waals surface area contributed by atoms with Gasteiger partial charge in [0.1, 0.15) is 5.58 Å². The molecule has 122 valence electrons. The van der Waals surface area contributed by atoms with Gasteiger partial charge in [-0.3, -0.25) is 4.79 Å². The van der Waals surface area contributed by atoms with Crippen molar-refractivity contribution < 1.29 is 9.21 Å². The fourth-order valence-electron chi connectivity index (χ4n) is 2.85. The van der Waals surface area contributed by atoms with Crippen molar-refractivity contribution in [2.45, 2.75) is 20.3 Å². The van der Waals surface area contributed by atoms with Gasteiger partial charge < -0.3 is 10.2 Å². The van der Waals surface area contributed by atoms with Gasteiger partial charge >= 0.3 is 5.63 Å². The number of hydrogen-bond donors (Lipinski definition) is 1. The molecule has 0 aliphatic rings. The fraction of sp³-hybridized carbons (Fsp3) is 0.200. The standard InChI is InChI=1S/C20H19NO3/c1-12(2)9-13-3-5-14(6-4-13)16-11-19(22)24-18-8-7-15(20(21)23)10-17(16)18/h3-8,10-12H,9H2,1-2H3,(H2,21,23). The average molecular weight is 321 g/mol.